The summed E-state index contributed by atoms with van der Waals surface area (Å²) in [5.41, 5.74) is 2.72. The third kappa shape index (κ3) is 3.57. The van der Waals surface area contributed by atoms with E-state index in [4.69, 9.17) is 0 Å². The first-order valence-electron chi connectivity index (χ1n) is 7.37. The van der Waals surface area contributed by atoms with Crippen LogP contribution in [-0.2, 0) is 6.42 Å². The average Bonchev–Trinajstić information content (AvgIpc) is 2.41. The quantitative estimate of drug-likeness (QED) is 0.900. The van der Waals surface area contributed by atoms with E-state index in [0.717, 1.165) is 23.6 Å². The van der Waals surface area contributed by atoms with E-state index in [0.29, 0.717) is 23.7 Å². The van der Waals surface area contributed by atoms with Gasteiger partial charge in [-0.05, 0) is 31.4 Å². The number of benzene rings is 1. The molecular weight excluding hydrogens is 265 g/mol. The van der Waals surface area contributed by atoms with Crippen molar-refractivity contribution in [3.8, 4) is 0 Å². The zero-order valence-corrected chi connectivity index (χ0v) is 13.1. The molecule has 0 saturated carbocycles. The lowest BCUT2D eigenvalue weighted by atomic mass is 10.0. The fourth-order valence-electron chi connectivity index (χ4n) is 2.52. The molecule has 0 atom stereocenters. The highest BCUT2D eigenvalue weighted by atomic mass is 19.1. The molecule has 0 aliphatic carbocycles. The van der Waals surface area contributed by atoms with Crippen LogP contribution in [0, 0.1) is 12.7 Å². The van der Waals surface area contributed by atoms with Gasteiger partial charge in [-0.1, -0.05) is 32.0 Å². The second-order valence-corrected chi connectivity index (χ2v) is 5.44. The van der Waals surface area contributed by atoms with E-state index >= 15 is 0 Å². The SMILES string of the molecule is CCNc1nc(Cc2ccccc2F)nc(C)c1C(C)C. The number of halogens is 1. The number of nitrogens with one attached hydrogen (secondary N) is 1. The molecule has 0 unspecified atom stereocenters. The molecule has 0 amide bonds. The van der Waals surface area contributed by atoms with Crippen LogP contribution in [0.2, 0.25) is 0 Å². The maximum Gasteiger partial charge on any atom is 0.135 e. The van der Waals surface area contributed by atoms with Crippen LogP contribution in [0.5, 0.6) is 0 Å². The highest BCUT2D eigenvalue weighted by Gasteiger charge is 2.15. The summed E-state index contributed by atoms with van der Waals surface area (Å²) in [5.74, 6) is 1.66. The van der Waals surface area contributed by atoms with Crippen molar-refractivity contribution in [1.29, 1.82) is 0 Å². The van der Waals surface area contributed by atoms with Crippen molar-refractivity contribution in [1.82, 2.24) is 9.97 Å². The summed E-state index contributed by atoms with van der Waals surface area (Å²) in [5, 5.41) is 3.29. The summed E-state index contributed by atoms with van der Waals surface area (Å²) in [7, 11) is 0. The third-order valence-electron chi connectivity index (χ3n) is 3.41. The largest absolute Gasteiger partial charge is 0.370 e. The van der Waals surface area contributed by atoms with Crippen LogP contribution in [0.15, 0.2) is 24.3 Å². The first-order valence-corrected chi connectivity index (χ1v) is 7.37. The molecule has 1 aromatic carbocycles. The summed E-state index contributed by atoms with van der Waals surface area (Å²) >= 11 is 0. The summed E-state index contributed by atoms with van der Waals surface area (Å²) in [4.78, 5) is 9.15. The van der Waals surface area contributed by atoms with Crippen LogP contribution in [0.4, 0.5) is 10.2 Å². The Hall–Kier alpha value is -1.97. The maximum atomic E-state index is 13.8. The van der Waals surface area contributed by atoms with Gasteiger partial charge in [0, 0.05) is 24.2 Å². The van der Waals surface area contributed by atoms with E-state index in [-0.39, 0.29) is 5.82 Å². The van der Waals surface area contributed by atoms with Crippen LogP contribution in [0.3, 0.4) is 0 Å². The van der Waals surface area contributed by atoms with Gasteiger partial charge in [0.1, 0.15) is 17.5 Å². The van der Waals surface area contributed by atoms with Gasteiger partial charge in [0.25, 0.3) is 0 Å². The molecule has 0 bridgehead atoms. The number of aromatic nitrogens is 2. The Morgan fingerprint density at radius 1 is 1.19 bits per heavy atom. The van der Waals surface area contributed by atoms with Crippen molar-refractivity contribution in [2.45, 2.75) is 40.0 Å². The highest BCUT2D eigenvalue weighted by Crippen LogP contribution is 2.25. The third-order valence-corrected chi connectivity index (χ3v) is 3.41. The van der Waals surface area contributed by atoms with Crippen LogP contribution in [0.25, 0.3) is 0 Å². The van der Waals surface area contributed by atoms with E-state index in [1.165, 1.54) is 6.07 Å². The van der Waals surface area contributed by atoms with E-state index in [1.54, 1.807) is 12.1 Å². The topological polar surface area (TPSA) is 37.8 Å². The van der Waals surface area contributed by atoms with Crippen molar-refractivity contribution < 1.29 is 4.39 Å². The molecule has 2 aromatic rings. The normalized spacial score (nSPS) is 11.0. The predicted molar refractivity (Wildman–Crippen MR) is 84.2 cm³/mol. The Labute approximate surface area is 125 Å². The standard InChI is InChI=1S/C17H22FN3/c1-5-19-17-16(11(2)3)12(4)20-15(21-17)10-13-8-6-7-9-14(13)18/h6-9,11H,5,10H2,1-4H3,(H,19,20,21). The monoisotopic (exact) mass is 287 g/mol. The van der Waals surface area contributed by atoms with Gasteiger partial charge in [-0.25, -0.2) is 14.4 Å². The van der Waals surface area contributed by atoms with Crippen LogP contribution in [0.1, 0.15) is 49.3 Å². The van der Waals surface area contributed by atoms with Gasteiger partial charge in [-0.2, -0.15) is 0 Å². The summed E-state index contributed by atoms with van der Waals surface area (Å²) in [6, 6.07) is 6.77. The van der Waals surface area contributed by atoms with Gasteiger partial charge in [-0.15, -0.1) is 0 Å². The van der Waals surface area contributed by atoms with E-state index in [9.17, 15) is 4.39 Å². The minimum absolute atomic E-state index is 0.211. The number of anilines is 1. The van der Waals surface area contributed by atoms with E-state index < -0.39 is 0 Å². The summed E-state index contributed by atoms with van der Waals surface area (Å²) in [6.45, 7) is 9.09. The second-order valence-electron chi connectivity index (χ2n) is 5.44. The molecule has 3 nitrogen and oxygen atoms in total. The molecule has 0 aliphatic rings. The van der Waals surface area contributed by atoms with Gasteiger partial charge < -0.3 is 5.32 Å². The Morgan fingerprint density at radius 3 is 2.52 bits per heavy atom. The van der Waals surface area contributed by atoms with Gasteiger partial charge in [-0.3, -0.25) is 0 Å². The molecule has 21 heavy (non-hydrogen) atoms. The summed E-state index contributed by atoms with van der Waals surface area (Å²) < 4.78 is 13.8. The van der Waals surface area contributed by atoms with Gasteiger partial charge in [0.05, 0.1) is 0 Å². The lowest BCUT2D eigenvalue weighted by Crippen LogP contribution is -2.11. The molecule has 1 heterocycles. The fourth-order valence-corrected chi connectivity index (χ4v) is 2.52. The first-order chi connectivity index (χ1) is 10.0. The van der Waals surface area contributed by atoms with Crippen molar-refractivity contribution in [2.24, 2.45) is 0 Å². The average molecular weight is 287 g/mol. The molecule has 0 spiro atoms. The highest BCUT2D eigenvalue weighted by molar-refractivity contribution is 5.48. The Bertz CT molecular complexity index is 623. The molecule has 0 radical (unpaired) electrons. The first kappa shape index (κ1) is 15.4. The van der Waals surface area contributed by atoms with E-state index in [2.05, 4.69) is 29.1 Å². The molecule has 2 rings (SSSR count). The lowest BCUT2D eigenvalue weighted by molar-refractivity contribution is 0.612. The molecule has 1 N–H and O–H groups in total. The molecule has 0 saturated heterocycles. The van der Waals surface area contributed by atoms with Crippen molar-refractivity contribution in [2.75, 3.05) is 11.9 Å². The Balaban J connectivity index is 2.39. The van der Waals surface area contributed by atoms with Crippen molar-refractivity contribution in [3.63, 3.8) is 0 Å². The Kier molecular flexibility index (Phi) is 4.89. The van der Waals surface area contributed by atoms with Crippen LogP contribution >= 0.6 is 0 Å². The minimum atomic E-state index is -0.211. The second kappa shape index (κ2) is 6.66. The van der Waals surface area contributed by atoms with Crippen molar-refractivity contribution in [3.05, 3.63) is 52.7 Å². The van der Waals surface area contributed by atoms with Gasteiger partial charge >= 0.3 is 0 Å². The molecule has 112 valence electrons. The van der Waals surface area contributed by atoms with Crippen molar-refractivity contribution >= 4 is 5.82 Å². The lowest BCUT2D eigenvalue weighted by Gasteiger charge is -2.16. The molecule has 0 fully saturated rings. The summed E-state index contributed by atoms with van der Waals surface area (Å²) in [6.07, 6.45) is 0.407. The van der Waals surface area contributed by atoms with E-state index in [1.807, 2.05) is 19.9 Å². The number of rotatable bonds is 5. The number of hydrogen-bond donors (Lipinski definition) is 1. The molecule has 1 aromatic heterocycles. The zero-order chi connectivity index (χ0) is 15.4. The Morgan fingerprint density at radius 2 is 1.90 bits per heavy atom. The fraction of sp³-hybridized carbons (Fsp3) is 0.412. The van der Waals surface area contributed by atoms with Gasteiger partial charge in [0.15, 0.2) is 0 Å². The zero-order valence-electron chi connectivity index (χ0n) is 13.1. The smallest absolute Gasteiger partial charge is 0.135 e. The van der Waals surface area contributed by atoms with Crippen LogP contribution < -0.4 is 5.32 Å². The minimum Gasteiger partial charge on any atom is -0.370 e. The molecule has 0 aliphatic heterocycles. The predicted octanol–water partition coefficient (Wildman–Crippen LogP) is 4.07. The maximum absolute atomic E-state index is 13.8. The number of nitrogens with zero attached hydrogens (tertiary/aromatic N) is 2. The number of aryl methyl sites for hydroxylation is 1. The molecular formula is C17H22FN3. The number of hydrogen-bond acceptors (Lipinski definition) is 3. The van der Waals surface area contributed by atoms with Gasteiger partial charge in [0.2, 0.25) is 0 Å². The molecule has 4 heteroatoms. The van der Waals surface area contributed by atoms with Crippen LogP contribution in [-0.4, -0.2) is 16.5 Å².